The lowest BCUT2D eigenvalue weighted by Crippen LogP contribution is -2.40. The van der Waals surface area contributed by atoms with Crippen molar-refractivity contribution in [2.45, 2.75) is 33.2 Å². The zero-order valence-corrected chi connectivity index (χ0v) is 19.5. The number of hydrogen-bond donors (Lipinski definition) is 1. The minimum Gasteiger partial charge on any atom is -0.315 e. The van der Waals surface area contributed by atoms with Crippen LogP contribution in [-0.4, -0.2) is 27.0 Å². The lowest BCUT2D eigenvalue weighted by Gasteiger charge is -2.30. The second kappa shape index (κ2) is 9.87. The van der Waals surface area contributed by atoms with Crippen molar-refractivity contribution in [3.05, 3.63) is 100 Å². The largest absolute Gasteiger partial charge is 0.322 e. The van der Waals surface area contributed by atoms with Crippen LogP contribution in [0.4, 0.5) is 14.9 Å². The van der Waals surface area contributed by atoms with Gasteiger partial charge < -0.3 is 10.2 Å². The van der Waals surface area contributed by atoms with Gasteiger partial charge in [-0.05, 0) is 56.2 Å². The van der Waals surface area contributed by atoms with Gasteiger partial charge in [0.25, 0.3) is 5.56 Å². The second-order valence-corrected chi connectivity index (χ2v) is 7.98. The van der Waals surface area contributed by atoms with Crippen molar-refractivity contribution in [3.63, 3.8) is 0 Å². The van der Waals surface area contributed by atoms with E-state index in [4.69, 9.17) is 4.98 Å². The minimum atomic E-state index is -0.570. The Kier molecular flexibility index (Phi) is 6.72. The van der Waals surface area contributed by atoms with Crippen molar-refractivity contribution in [1.29, 1.82) is 0 Å². The topological polar surface area (TPSA) is 67.2 Å². The number of amides is 2. The number of nitrogens with zero attached hydrogens (tertiary/aromatic N) is 3. The lowest BCUT2D eigenvalue weighted by atomic mass is 10.1. The maximum atomic E-state index is 14.1. The van der Waals surface area contributed by atoms with Crippen LogP contribution < -0.4 is 10.9 Å². The molecule has 0 aliphatic carbocycles. The van der Waals surface area contributed by atoms with Crippen molar-refractivity contribution in [1.82, 2.24) is 14.5 Å². The van der Waals surface area contributed by atoms with Crippen molar-refractivity contribution in [2.24, 2.45) is 0 Å². The number of rotatable bonds is 6. The van der Waals surface area contributed by atoms with Gasteiger partial charge in [-0.2, -0.15) is 0 Å². The van der Waals surface area contributed by atoms with Gasteiger partial charge in [0.1, 0.15) is 11.6 Å². The fourth-order valence-corrected chi connectivity index (χ4v) is 4.17. The maximum absolute atomic E-state index is 14.1. The van der Waals surface area contributed by atoms with Crippen LogP contribution in [-0.2, 0) is 6.42 Å². The summed E-state index contributed by atoms with van der Waals surface area (Å²) in [6.45, 7) is 6.02. The summed E-state index contributed by atoms with van der Waals surface area (Å²) in [5, 5.41) is 3.15. The number of para-hydroxylation sites is 3. The molecule has 1 unspecified atom stereocenters. The molecule has 34 heavy (non-hydrogen) atoms. The highest BCUT2D eigenvalue weighted by atomic mass is 19.1. The highest BCUT2D eigenvalue weighted by Crippen LogP contribution is 2.25. The molecule has 1 aromatic heterocycles. The van der Waals surface area contributed by atoms with Gasteiger partial charge in [0.15, 0.2) is 0 Å². The summed E-state index contributed by atoms with van der Waals surface area (Å²) in [5.41, 5.74) is 2.19. The second-order valence-electron chi connectivity index (χ2n) is 7.98. The highest BCUT2D eigenvalue weighted by Gasteiger charge is 2.27. The van der Waals surface area contributed by atoms with Gasteiger partial charge in [-0.15, -0.1) is 0 Å². The number of carbonyl (C=O) groups excluding carboxylic acids is 1. The summed E-state index contributed by atoms with van der Waals surface area (Å²) in [6, 6.07) is 19.8. The van der Waals surface area contributed by atoms with E-state index in [1.807, 2.05) is 57.2 Å². The Bertz CT molecular complexity index is 1400. The molecule has 0 bridgehead atoms. The fraction of sp³-hybridized carbons (Fsp3) is 0.222. The van der Waals surface area contributed by atoms with Crippen molar-refractivity contribution in [2.75, 3.05) is 11.9 Å². The molecule has 0 radical (unpaired) electrons. The van der Waals surface area contributed by atoms with E-state index >= 15 is 0 Å². The molecule has 0 aliphatic heterocycles. The van der Waals surface area contributed by atoms with Gasteiger partial charge in [0.05, 0.1) is 28.3 Å². The molecule has 0 spiro atoms. The third-order valence-corrected chi connectivity index (χ3v) is 5.97. The molecule has 2 amide bonds. The van der Waals surface area contributed by atoms with Crippen LogP contribution in [0.3, 0.4) is 0 Å². The normalized spacial score (nSPS) is 11.9. The summed E-state index contributed by atoms with van der Waals surface area (Å²) < 4.78 is 15.7. The molecular formula is C27H27FN4O2. The molecule has 1 heterocycles. The maximum Gasteiger partial charge on any atom is 0.322 e. The van der Waals surface area contributed by atoms with Crippen LogP contribution in [0, 0.1) is 5.82 Å². The molecule has 174 valence electrons. The number of anilines is 1. The summed E-state index contributed by atoms with van der Waals surface area (Å²) in [7, 11) is 0. The Morgan fingerprint density at radius 2 is 1.71 bits per heavy atom. The number of halogens is 1. The number of aryl methyl sites for hydroxylation is 1. The Labute approximate surface area is 197 Å². The highest BCUT2D eigenvalue weighted by molar-refractivity contribution is 5.89. The van der Waals surface area contributed by atoms with Crippen LogP contribution in [0.1, 0.15) is 38.2 Å². The third kappa shape index (κ3) is 4.29. The first-order valence-electron chi connectivity index (χ1n) is 11.4. The Hall–Kier alpha value is -4.00. The zero-order chi connectivity index (χ0) is 24.2. The number of nitrogens with one attached hydrogen (secondary N) is 1. The summed E-state index contributed by atoms with van der Waals surface area (Å²) in [4.78, 5) is 33.2. The molecule has 6 nitrogen and oxygen atoms in total. The number of fused-ring (bicyclic) bond motifs is 1. The molecule has 3 aromatic carbocycles. The van der Waals surface area contributed by atoms with E-state index in [0.29, 0.717) is 23.3 Å². The van der Waals surface area contributed by atoms with Crippen molar-refractivity contribution in [3.8, 4) is 5.69 Å². The number of benzene rings is 3. The molecule has 0 saturated carbocycles. The van der Waals surface area contributed by atoms with Gasteiger partial charge in [0.2, 0.25) is 0 Å². The predicted octanol–water partition coefficient (Wildman–Crippen LogP) is 5.70. The molecule has 4 aromatic rings. The van der Waals surface area contributed by atoms with Crippen molar-refractivity contribution >= 4 is 22.6 Å². The Morgan fingerprint density at radius 3 is 2.44 bits per heavy atom. The first-order chi connectivity index (χ1) is 16.5. The first-order valence-corrected chi connectivity index (χ1v) is 11.4. The first kappa shape index (κ1) is 23.2. The SMILES string of the molecule is CCc1ccccc1-n1c(C(C)N(CC)C(=O)Nc2ccccc2F)nc2ccccc2c1=O. The van der Waals surface area contributed by atoms with E-state index in [0.717, 1.165) is 17.7 Å². The fourth-order valence-electron chi connectivity index (χ4n) is 4.17. The van der Waals surface area contributed by atoms with Crippen LogP contribution in [0.5, 0.6) is 0 Å². The van der Waals surface area contributed by atoms with Gasteiger partial charge in [0, 0.05) is 6.54 Å². The Balaban J connectivity index is 1.86. The summed E-state index contributed by atoms with van der Waals surface area (Å²) >= 11 is 0. The quantitative estimate of drug-likeness (QED) is 0.403. The van der Waals surface area contributed by atoms with Gasteiger partial charge in [-0.3, -0.25) is 9.36 Å². The van der Waals surface area contributed by atoms with E-state index < -0.39 is 17.9 Å². The van der Waals surface area contributed by atoms with Gasteiger partial charge >= 0.3 is 6.03 Å². The average molecular weight is 459 g/mol. The number of aromatic nitrogens is 2. The summed E-state index contributed by atoms with van der Waals surface area (Å²) in [6.07, 6.45) is 0.731. The number of urea groups is 1. The smallest absolute Gasteiger partial charge is 0.315 e. The van der Waals surface area contributed by atoms with E-state index in [9.17, 15) is 14.0 Å². The summed E-state index contributed by atoms with van der Waals surface area (Å²) in [5.74, 6) is -0.0766. The number of carbonyl (C=O) groups is 1. The standard InChI is InChI=1S/C27H27FN4O2/c1-4-19-12-6-11-17-24(19)32-25(29-22-15-9-7-13-20(22)26(32)33)18(3)31(5-2)27(34)30-23-16-10-8-14-21(23)28/h6-18H,4-5H2,1-3H3,(H,30,34). The molecular weight excluding hydrogens is 431 g/mol. The minimum absolute atomic E-state index is 0.0957. The Morgan fingerprint density at radius 1 is 1.03 bits per heavy atom. The third-order valence-electron chi connectivity index (χ3n) is 5.97. The molecule has 1 atom stereocenters. The molecule has 0 fully saturated rings. The molecule has 0 saturated heterocycles. The van der Waals surface area contributed by atoms with Crippen molar-refractivity contribution < 1.29 is 9.18 Å². The zero-order valence-electron chi connectivity index (χ0n) is 19.5. The van der Waals surface area contributed by atoms with Crippen LogP contribution in [0.25, 0.3) is 16.6 Å². The van der Waals surface area contributed by atoms with Crippen LogP contribution in [0.2, 0.25) is 0 Å². The predicted molar refractivity (Wildman–Crippen MR) is 133 cm³/mol. The van der Waals surface area contributed by atoms with Gasteiger partial charge in [-0.1, -0.05) is 49.4 Å². The van der Waals surface area contributed by atoms with Gasteiger partial charge in [-0.25, -0.2) is 14.2 Å². The van der Waals surface area contributed by atoms with E-state index in [-0.39, 0.29) is 11.2 Å². The van der Waals surface area contributed by atoms with Crippen LogP contribution >= 0.6 is 0 Å². The molecule has 7 heteroatoms. The van der Waals surface area contributed by atoms with E-state index in [2.05, 4.69) is 5.32 Å². The van der Waals surface area contributed by atoms with E-state index in [1.54, 1.807) is 28.8 Å². The lowest BCUT2D eigenvalue weighted by molar-refractivity contribution is 0.193. The number of hydrogen-bond acceptors (Lipinski definition) is 3. The van der Waals surface area contributed by atoms with Crippen LogP contribution in [0.15, 0.2) is 77.6 Å². The molecule has 4 rings (SSSR count). The van der Waals surface area contributed by atoms with E-state index in [1.165, 1.54) is 17.0 Å². The monoisotopic (exact) mass is 458 g/mol. The molecule has 1 N–H and O–H groups in total. The molecule has 0 aliphatic rings. The average Bonchev–Trinajstić information content (AvgIpc) is 2.86.